The Morgan fingerprint density at radius 3 is 2.79 bits per heavy atom. The monoisotopic (exact) mass is 453 g/mol. The zero-order chi connectivity index (χ0) is 14.0. The van der Waals surface area contributed by atoms with E-state index < -0.39 is 5.82 Å². The molecular formula is C13H7BrClFINO. The average Bonchev–Trinajstić information content (AvgIpc) is 2.38. The van der Waals surface area contributed by atoms with Crippen molar-refractivity contribution in [1.29, 1.82) is 0 Å². The summed E-state index contributed by atoms with van der Waals surface area (Å²) in [5.41, 5.74) is 0.530. The second-order valence-electron chi connectivity index (χ2n) is 3.68. The van der Waals surface area contributed by atoms with Crippen LogP contribution in [0.15, 0.2) is 40.9 Å². The molecule has 0 bridgehead atoms. The maximum Gasteiger partial charge on any atom is 0.256 e. The van der Waals surface area contributed by atoms with Gasteiger partial charge >= 0.3 is 0 Å². The predicted molar refractivity (Wildman–Crippen MR) is 86.2 cm³/mol. The Morgan fingerprint density at radius 1 is 1.32 bits per heavy atom. The van der Waals surface area contributed by atoms with E-state index in [2.05, 4.69) is 21.2 Å². The number of halogens is 4. The highest BCUT2D eigenvalue weighted by atomic mass is 127. The molecule has 0 saturated heterocycles. The van der Waals surface area contributed by atoms with Gasteiger partial charge in [-0.1, -0.05) is 33.6 Å². The number of nitrogens with one attached hydrogen (secondary N) is 1. The Hall–Kier alpha value is -0.660. The molecule has 1 amide bonds. The molecule has 98 valence electrons. The summed E-state index contributed by atoms with van der Waals surface area (Å²) in [7, 11) is 0. The number of rotatable bonds is 2. The molecule has 2 nitrogen and oxygen atoms in total. The fraction of sp³-hybridized carbons (Fsp3) is 0. The number of hydrogen-bond donors (Lipinski definition) is 1. The molecule has 0 aliphatic rings. The van der Waals surface area contributed by atoms with Crippen molar-refractivity contribution < 1.29 is 9.18 Å². The molecule has 0 saturated carbocycles. The third kappa shape index (κ3) is 3.46. The Balaban J connectivity index is 2.31. The SMILES string of the molecule is O=C(Nc1cccc(Cl)c1F)c1cc(Br)ccc1I. The molecule has 2 aromatic carbocycles. The van der Waals surface area contributed by atoms with Crippen LogP contribution in [0.1, 0.15) is 10.4 Å². The van der Waals surface area contributed by atoms with Gasteiger partial charge in [0.25, 0.3) is 5.91 Å². The van der Waals surface area contributed by atoms with E-state index in [1.807, 2.05) is 28.7 Å². The number of carbonyl (C=O) groups excluding carboxylic acids is 1. The van der Waals surface area contributed by atoms with Crippen molar-refractivity contribution in [1.82, 2.24) is 0 Å². The van der Waals surface area contributed by atoms with Crippen molar-refractivity contribution >= 4 is 61.7 Å². The topological polar surface area (TPSA) is 29.1 Å². The van der Waals surface area contributed by atoms with Crippen LogP contribution in [0, 0.1) is 9.39 Å². The maximum atomic E-state index is 13.7. The van der Waals surface area contributed by atoms with Crippen molar-refractivity contribution in [2.24, 2.45) is 0 Å². The number of hydrogen-bond acceptors (Lipinski definition) is 1. The summed E-state index contributed by atoms with van der Waals surface area (Å²) in [4.78, 5) is 12.1. The van der Waals surface area contributed by atoms with Gasteiger partial charge in [0.15, 0.2) is 5.82 Å². The van der Waals surface area contributed by atoms with Gasteiger partial charge in [0.1, 0.15) is 0 Å². The lowest BCUT2D eigenvalue weighted by molar-refractivity contribution is 0.102. The van der Waals surface area contributed by atoms with Crippen LogP contribution in [0.25, 0.3) is 0 Å². The minimum absolute atomic E-state index is 0.0262. The number of carbonyl (C=O) groups is 1. The third-order valence-electron chi connectivity index (χ3n) is 2.37. The van der Waals surface area contributed by atoms with Crippen LogP contribution < -0.4 is 5.32 Å². The van der Waals surface area contributed by atoms with Crippen molar-refractivity contribution in [2.45, 2.75) is 0 Å². The van der Waals surface area contributed by atoms with Gasteiger partial charge in [-0.3, -0.25) is 4.79 Å². The molecule has 0 radical (unpaired) electrons. The lowest BCUT2D eigenvalue weighted by Crippen LogP contribution is -2.14. The van der Waals surface area contributed by atoms with Crippen LogP contribution in [-0.4, -0.2) is 5.91 Å². The highest BCUT2D eigenvalue weighted by Crippen LogP contribution is 2.24. The molecule has 0 aromatic heterocycles. The van der Waals surface area contributed by atoms with Gasteiger partial charge in [0.05, 0.1) is 16.3 Å². The molecule has 1 N–H and O–H groups in total. The highest BCUT2D eigenvalue weighted by molar-refractivity contribution is 14.1. The first-order valence-corrected chi connectivity index (χ1v) is 7.44. The van der Waals surface area contributed by atoms with E-state index in [4.69, 9.17) is 11.6 Å². The summed E-state index contributed by atoms with van der Waals surface area (Å²) in [5, 5.41) is 2.49. The molecule has 2 aromatic rings. The average molecular weight is 454 g/mol. The summed E-state index contributed by atoms with van der Waals surface area (Å²) in [6.45, 7) is 0. The quantitative estimate of drug-likeness (QED) is 0.629. The summed E-state index contributed by atoms with van der Waals surface area (Å²) >= 11 is 11.0. The molecule has 0 fully saturated rings. The van der Waals surface area contributed by atoms with Gasteiger partial charge in [-0.2, -0.15) is 0 Å². The minimum atomic E-state index is -0.637. The molecule has 0 spiro atoms. The van der Waals surface area contributed by atoms with Gasteiger partial charge in [-0.25, -0.2) is 4.39 Å². The van der Waals surface area contributed by atoms with Crippen LogP contribution in [0.5, 0.6) is 0 Å². The van der Waals surface area contributed by atoms with Crippen LogP contribution in [0.4, 0.5) is 10.1 Å². The Morgan fingerprint density at radius 2 is 2.05 bits per heavy atom. The van der Waals surface area contributed by atoms with Crippen LogP contribution in [0.2, 0.25) is 5.02 Å². The highest BCUT2D eigenvalue weighted by Gasteiger charge is 2.14. The van der Waals surface area contributed by atoms with Gasteiger partial charge in [0.2, 0.25) is 0 Å². The van der Waals surface area contributed by atoms with Gasteiger partial charge < -0.3 is 5.32 Å². The molecule has 0 aliphatic heterocycles. The van der Waals surface area contributed by atoms with E-state index in [1.165, 1.54) is 12.1 Å². The zero-order valence-electron chi connectivity index (χ0n) is 9.38. The van der Waals surface area contributed by atoms with Gasteiger partial charge in [0, 0.05) is 8.04 Å². The largest absolute Gasteiger partial charge is 0.319 e. The molecule has 19 heavy (non-hydrogen) atoms. The standard InChI is InChI=1S/C13H7BrClFINO/c14-7-4-5-10(17)8(6-7)13(19)18-11-3-1-2-9(15)12(11)16/h1-6H,(H,18,19). The second-order valence-corrected chi connectivity index (χ2v) is 6.16. The van der Waals surface area contributed by atoms with Crippen molar-refractivity contribution in [3.8, 4) is 0 Å². The second kappa shape index (κ2) is 6.19. The Kier molecular flexibility index (Phi) is 4.81. The zero-order valence-corrected chi connectivity index (χ0v) is 13.9. The van der Waals surface area contributed by atoms with Gasteiger partial charge in [-0.05, 0) is 52.9 Å². The van der Waals surface area contributed by atoms with E-state index in [0.29, 0.717) is 5.56 Å². The predicted octanol–water partition coefficient (Wildman–Crippen LogP) is 5.10. The van der Waals surface area contributed by atoms with Crippen molar-refractivity contribution in [2.75, 3.05) is 5.32 Å². The lowest BCUT2D eigenvalue weighted by atomic mass is 10.2. The number of benzene rings is 2. The minimum Gasteiger partial charge on any atom is -0.319 e. The molecule has 6 heteroatoms. The first-order chi connectivity index (χ1) is 8.99. The first-order valence-electron chi connectivity index (χ1n) is 5.19. The molecule has 0 atom stereocenters. The molecule has 0 unspecified atom stereocenters. The summed E-state index contributed by atoms with van der Waals surface area (Å²) in [6, 6.07) is 9.78. The molecular weight excluding hydrogens is 447 g/mol. The smallest absolute Gasteiger partial charge is 0.256 e. The van der Waals surface area contributed by atoms with Crippen molar-refractivity contribution in [3.63, 3.8) is 0 Å². The number of anilines is 1. The van der Waals surface area contributed by atoms with E-state index in [9.17, 15) is 9.18 Å². The molecule has 0 aliphatic carbocycles. The van der Waals surface area contributed by atoms with E-state index >= 15 is 0 Å². The van der Waals surface area contributed by atoms with E-state index in [0.717, 1.165) is 8.04 Å². The summed E-state index contributed by atoms with van der Waals surface area (Å²) < 4.78 is 15.3. The first kappa shape index (κ1) is 14.7. The van der Waals surface area contributed by atoms with Gasteiger partial charge in [-0.15, -0.1) is 0 Å². The molecule has 0 heterocycles. The van der Waals surface area contributed by atoms with E-state index in [1.54, 1.807) is 18.2 Å². The van der Waals surface area contributed by atoms with Crippen LogP contribution in [-0.2, 0) is 0 Å². The fourth-order valence-electron chi connectivity index (χ4n) is 1.46. The lowest BCUT2D eigenvalue weighted by Gasteiger charge is -2.09. The summed E-state index contributed by atoms with van der Waals surface area (Å²) in [5.74, 6) is -1.02. The molecule has 2 rings (SSSR count). The summed E-state index contributed by atoms with van der Waals surface area (Å²) in [6.07, 6.45) is 0. The van der Waals surface area contributed by atoms with Crippen molar-refractivity contribution in [3.05, 3.63) is 60.8 Å². The number of amides is 1. The third-order valence-corrected chi connectivity index (χ3v) is 4.10. The Labute approximate surface area is 136 Å². The van der Waals surface area contributed by atoms with Crippen LogP contribution in [0.3, 0.4) is 0 Å². The normalized spacial score (nSPS) is 10.3. The Bertz CT molecular complexity index is 651. The van der Waals surface area contributed by atoms with E-state index in [-0.39, 0.29) is 16.6 Å². The maximum absolute atomic E-state index is 13.7. The fourth-order valence-corrected chi connectivity index (χ4v) is 2.58. The van der Waals surface area contributed by atoms with Crippen LogP contribution >= 0.6 is 50.1 Å².